The minimum Gasteiger partial charge on any atom is -0.370 e. The number of halogens is 2. The number of nitrogens with two attached hydrogens (primary N) is 2. The van der Waals surface area contributed by atoms with Crippen LogP contribution < -0.4 is 21.7 Å². The number of hydrogen-bond donors (Lipinski definition) is 4. The van der Waals surface area contributed by atoms with Crippen molar-refractivity contribution in [1.82, 2.24) is 5.32 Å². The molecule has 0 aliphatic heterocycles. The van der Waals surface area contributed by atoms with Gasteiger partial charge in [-0.05, 0) is 25.0 Å². The van der Waals surface area contributed by atoms with Gasteiger partial charge in [0.25, 0.3) is 0 Å². The van der Waals surface area contributed by atoms with Crippen LogP contribution in [0.3, 0.4) is 0 Å². The number of carbonyl (C=O) groups excluding carboxylic acids is 2. The van der Waals surface area contributed by atoms with E-state index >= 15 is 0 Å². The van der Waals surface area contributed by atoms with E-state index in [9.17, 15) is 18.4 Å². The second kappa shape index (κ2) is 7.91. The second-order valence-electron chi connectivity index (χ2n) is 4.42. The third-order valence-electron chi connectivity index (χ3n) is 2.84. The van der Waals surface area contributed by atoms with Crippen LogP contribution in [0.4, 0.5) is 19.3 Å². The van der Waals surface area contributed by atoms with Gasteiger partial charge in [-0.25, -0.2) is 13.6 Å². The highest BCUT2D eigenvalue weighted by molar-refractivity contribution is 5.95. The van der Waals surface area contributed by atoms with E-state index < -0.39 is 23.7 Å². The quantitative estimate of drug-likeness (QED) is 0.334. The summed E-state index contributed by atoms with van der Waals surface area (Å²) in [5.74, 6) is -2.46. The minimum atomic E-state index is -1.16. The van der Waals surface area contributed by atoms with E-state index in [-0.39, 0.29) is 18.1 Å². The molecule has 0 aromatic heterocycles. The molecule has 1 radical (unpaired) electrons. The molecule has 1 unspecified atom stereocenters. The number of nitrogens with zero attached hydrogens (tertiary/aromatic N) is 1. The zero-order chi connectivity index (χ0) is 16.7. The fraction of sp³-hybridized carbons (Fsp3) is 0.308. The summed E-state index contributed by atoms with van der Waals surface area (Å²) < 4.78 is 26.2. The van der Waals surface area contributed by atoms with Gasteiger partial charge in [0.15, 0.2) is 17.6 Å². The van der Waals surface area contributed by atoms with Crippen LogP contribution in [-0.4, -0.2) is 30.9 Å². The Hall–Kier alpha value is -2.71. The van der Waals surface area contributed by atoms with Gasteiger partial charge in [-0.3, -0.25) is 15.1 Å². The number of nitrogens with one attached hydrogen (secondary N) is 2. The van der Waals surface area contributed by atoms with Crippen LogP contribution in [-0.2, 0) is 4.79 Å². The van der Waals surface area contributed by atoms with Gasteiger partial charge in [0.1, 0.15) is 6.04 Å². The van der Waals surface area contributed by atoms with E-state index in [2.05, 4.69) is 5.32 Å². The van der Waals surface area contributed by atoms with Gasteiger partial charge in [-0.15, -0.1) is 0 Å². The molecule has 1 atom stereocenters. The third-order valence-corrected chi connectivity index (χ3v) is 2.84. The average molecular weight is 312 g/mol. The highest BCUT2D eigenvalue weighted by atomic mass is 19.2. The first-order chi connectivity index (χ1) is 10.4. The first-order valence-electron chi connectivity index (χ1n) is 6.36. The molecule has 2 amide bonds. The predicted octanol–water partition coefficient (Wildman–Crippen LogP) is 0.591. The molecule has 22 heavy (non-hydrogen) atoms. The molecular weight excluding hydrogens is 296 g/mol. The topological polar surface area (TPSA) is 125 Å². The number of carbonyl (C=O) groups is 1. The molecule has 1 aromatic carbocycles. The first kappa shape index (κ1) is 17.3. The summed E-state index contributed by atoms with van der Waals surface area (Å²) in [4.78, 5) is 23.4. The zero-order valence-electron chi connectivity index (χ0n) is 11.6. The van der Waals surface area contributed by atoms with Gasteiger partial charge in [-0.2, -0.15) is 0 Å². The fourth-order valence-corrected chi connectivity index (χ4v) is 1.85. The predicted molar refractivity (Wildman–Crippen MR) is 77.1 cm³/mol. The van der Waals surface area contributed by atoms with Crippen molar-refractivity contribution in [3.8, 4) is 0 Å². The normalized spacial score (nSPS) is 11.5. The minimum absolute atomic E-state index is 0.0423. The summed E-state index contributed by atoms with van der Waals surface area (Å²) in [6, 6.07) is 0.703. The van der Waals surface area contributed by atoms with Crippen molar-refractivity contribution in [3.05, 3.63) is 29.8 Å². The maximum absolute atomic E-state index is 13.3. The lowest BCUT2D eigenvalue weighted by Gasteiger charge is -2.26. The molecule has 0 aliphatic rings. The molecular formula is C13H16F2N5O2. The number of hydrogen-bond acceptors (Lipinski definition) is 3. The highest BCUT2D eigenvalue weighted by Gasteiger charge is 2.24. The molecule has 0 saturated heterocycles. The van der Waals surface area contributed by atoms with Crippen LogP contribution in [0.1, 0.15) is 12.8 Å². The van der Waals surface area contributed by atoms with Crippen molar-refractivity contribution in [2.75, 3.05) is 11.4 Å². The molecule has 7 nitrogen and oxygen atoms in total. The molecule has 1 aromatic rings. The van der Waals surface area contributed by atoms with Gasteiger partial charge in [-0.1, -0.05) is 0 Å². The van der Waals surface area contributed by atoms with Crippen molar-refractivity contribution in [3.63, 3.8) is 0 Å². The van der Waals surface area contributed by atoms with Gasteiger partial charge in [0.05, 0.1) is 0 Å². The van der Waals surface area contributed by atoms with Crippen molar-refractivity contribution in [1.29, 1.82) is 5.41 Å². The average Bonchev–Trinajstić information content (AvgIpc) is 2.44. The lowest BCUT2D eigenvalue weighted by molar-refractivity contribution is 0.252. The van der Waals surface area contributed by atoms with E-state index in [1.807, 2.05) is 0 Å². The summed E-state index contributed by atoms with van der Waals surface area (Å²) in [7, 11) is 0. The standard InChI is InChI=1S/C13H16F2N5O2/c14-10-4-3-8(6-11(10)15)20(13(18)22)9(7-21)2-1-5-19-12(16)17/h3-4,6,9H,1-2,5H2,(H2,18,22)(H4,16,17,19). The number of primary amides is 1. The Balaban J connectivity index is 2.86. The fourth-order valence-electron chi connectivity index (χ4n) is 1.85. The van der Waals surface area contributed by atoms with Crippen molar-refractivity contribution < 1.29 is 18.4 Å². The van der Waals surface area contributed by atoms with Crippen LogP contribution in [0.5, 0.6) is 0 Å². The number of rotatable bonds is 7. The Morgan fingerprint density at radius 1 is 1.36 bits per heavy atom. The van der Waals surface area contributed by atoms with E-state index in [0.717, 1.165) is 23.1 Å². The Labute approximate surface area is 125 Å². The van der Waals surface area contributed by atoms with Crippen LogP contribution in [0.25, 0.3) is 0 Å². The summed E-state index contributed by atoms with van der Waals surface area (Å²) >= 11 is 0. The third kappa shape index (κ3) is 4.69. The van der Waals surface area contributed by atoms with E-state index in [1.165, 1.54) is 0 Å². The number of benzene rings is 1. The summed E-state index contributed by atoms with van der Waals surface area (Å²) in [5, 5.41) is 9.52. The van der Waals surface area contributed by atoms with Gasteiger partial charge >= 0.3 is 6.03 Å². The molecule has 9 heteroatoms. The lowest BCUT2D eigenvalue weighted by atomic mass is 10.1. The summed E-state index contributed by atoms with van der Waals surface area (Å²) in [6.07, 6.45) is 2.19. The van der Waals surface area contributed by atoms with Crippen molar-refractivity contribution >= 4 is 24.0 Å². The molecule has 0 fully saturated rings. The smallest absolute Gasteiger partial charge is 0.319 e. The van der Waals surface area contributed by atoms with Crippen molar-refractivity contribution in [2.24, 2.45) is 11.5 Å². The highest BCUT2D eigenvalue weighted by Crippen LogP contribution is 2.21. The number of anilines is 1. The van der Waals surface area contributed by atoms with E-state index in [1.54, 1.807) is 6.29 Å². The first-order valence-corrected chi connectivity index (χ1v) is 6.36. The van der Waals surface area contributed by atoms with Crippen molar-refractivity contribution in [2.45, 2.75) is 18.9 Å². The maximum atomic E-state index is 13.3. The molecule has 0 aliphatic carbocycles. The molecule has 0 heterocycles. The molecule has 119 valence electrons. The Morgan fingerprint density at radius 3 is 2.55 bits per heavy atom. The van der Waals surface area contributed by atoms with Gasteiger partial charge in [0.2, 0.25) is 6.29 Å². The monoisotopic (exact) mass is 312 g/mol. The number of urea groups is 1. The Bertz CT molecular complexity index is 567. The lowest BCUT2D eigenvalue weighted by Crippen LogP contribution is -2.45. The number of amides is 2. The summed E-state index contributed by atoms with van der Waals surface area (Å²) in [5.41, 5.74) is 10.3. The Kier molecular flexibility index (Phi) is 6.24. The number of guanidine groups is 1. The molecule has 1 rings (SSSR count). The van der Waals surface area contributed by atoms with Crippen LogP contribution in [0, 0.1) is 17.0 Å². The van der Waals surface area contributed by atoms with Crippen LogP contribution in [0.15, 0.2) is 18.2 Å². The van der Waals surface area contributed by atoms with Gasteiger partial charge < -0.3 is 16.8 Å². The zero-order valence-corrected chi connectivity index (χ0v) is 11.6. The maximum Gasteiger partial charge on any atom is 0.319 e. The summed E-state index contributed by atoms with van der Waals surface area (Å²) in [6.45, 7) is 0.303. The second-order valence-corrected chi connectivity index (χ2v) is 4.42. The van der Waals surface area contributed by atoms with Gasteiger partial charge in [0, 0.05) is 18.3 Å². The largest absolute Gasteiger partial charge is 0.370 e. The van der Waals surface area contributed by atoms with E-state index in [0.29, 0.717) is 13.0 Å². The molecule has 0 saturated carbocycles. The van der Waals surface area contributed by atoms with Crippen LogP contribution in [0.2, 0.25) is 0 Å². The van der Waals surface area contributed by atoms with E-state index in [4.69, 9.17) is 16.9 Å². The Morgan fingerprint density at radius 2 is 2.05 bits per heavy atom. The SMILES string of the molecule is N=C(N)NCCCC([C]=O)N(C(N)=O)c1ccc(F)c(F)c1. The molecule has 0 spiro atoms. The van der Waals surface area contributed by atoms with Crippen LogP contribution >= 0.6 is 0 Å². The molecule has 0 bridgehead atoms. The molecule has 6 N–H and O–H groups in total.